The lowest BCUT2D eigenvalue weighted by Crippen LogP contribution is -2.20. The molecule has 1 amide bonds. The van der Waals surface area contributed by atoms with Crippen molar-refractivity contribution in [3.63, 3.8) is 0 Å². The smallest absolute Gasteiger partial charge is 0.336 e. The Labute approximate surface area is 108 Å². The number of primary amides is 1. The van der Waals surface area contributed by atoms with Crippen molar-refractivity contribution in [2.24, 2.45) is 5.73 Å². The van der Waals surface area contributed by atoms with E-state index in [0.29, 0.717) is 11.3 Å². The number of hydrogen-bond acceptors (Lipinski definition) is 3. The first-order valence-corrected chi connectivity index (χ1v) is 7.03. The molecule has 3 N–H and O–H groups in total. The molecule has 1 aromatic rings. The van der Waals surface area contributed by atoms with Crippen LogP contribution < -0.4 is 5.73 Å². The molecule has 0 aromatic heterocycles. The number of aromatic carboxylic acids is 1. The normalized spacial score (nSPS) is 13.9. The molecule has 0 saturated carbocycles. The van der Waals surface area contributed by atoms with Gasteiger partial charge in [-0.3, -0.25) is 4.79 Å². The van der Waals surface area contributed by atoms with Gasteiger partial charge in [-0.05, 0) is 11.6 Å². The Morgan fingerprint density at radius 3 is 2.56 bits per heavy atom. The molecule has 5 nitrogen and oxygen atoms in total. The lowest BCUT2D eigenvalue weighted by atomic mass is 9.93. The third-order valence-corrected chi connectivity index (χ3v) is 3.56. The van der Waals surface area contributed by atoms with Gasteiger partial charge in [-0.2, -0.15) is 0 Å². The van der Waals surface area contributed by atoms with Crippen LogP contribution in [0.3, 0.4) is 0 Å². The lowest BCUT2D eigenvalue weighted by Gasteiger charge is -2.16. The number of hydrogen-bond donors (Lipinski definition) is 2. The van der Waals surface area contributed by atoms with Gasteiger partial charge in [0, 0.05) is 5.92 Å². The van der Waals surface area contributed by atoms with Crippen LogP contribution in [0.15, 0.2) is 18.2 Å². The van der Waals surface area contributed by atoms with Crippen molar-refractivity contribution in [3.05, 3.63) is 34.9 Å². The van der Waals surface area contributed by atoms with Crippen LogP contribution in [0.25, 0.3) is 0 Å². The number of amides is 1. The van der Waals surface area contributed by atoms with Crippen molar-refractivity contribution < 1.29 is 19.2 Å². The van der Waals surface area contributed by atoms with E-state index in [1.54, 1.807) is 25.3 Å². The number of carbonyl (C=O) groups is 2. The molecule has 0 aliphatic rings. The van der Waals surface area contributed by atoms with E-state index in [9.17, 15) is 19.2 Å². The SMILES string of the molecule is CC(C[S+](C)[O-])c1cccc(C(N)=O)c1C(=O)O. The van der Waals surface area contributed by atoms with E-state index >= 15 is 0 Å². The molecule has 0 fully saturated rings. The third kappa shape index (κ3) is 3.24. The zero-order valence-electron chi connectivity index (χ0n) is 10.2. The molecule has 18 heavy (non-hydrogen) atoms. The van der Waals surface area contributed by atoms with Crippen LogP contribution in [0.4, 0.5) is 0 Å². The van der Waals surface area contributed by atoms with Gasteiger partial charge < -0.3 is 15.4 Å². The fourth-order valence-electron chi connectivity index (χ4n) is 1.87. The molecule has 0 heterocycles. The van der Waals surface area contributed by atoms with Crippen molar-refractivity contribution in [2.45, 2.75) is 12.8 Å². The molecular weight excluding hydrogens is 254 g/mol. The maximum absolute atomic E-state index is 11.3. The second kappa shape index (κ2) is 5.88. The minimum atomic E-state index is -1.20. The number of nitrogens with two attached hydrogens (primary N) is 1. The van der Waals surface area contributed by atoms with Gasteiger partial charge in [0.1, 0.15) is 5.75 Å². The van der Waals surface area contributed by atoms with Crippen LogP contribution in [0.2, 0.25) is 0 Å². The Morgan fingerprint density at radius 1 is 1.50 bits per heavy atom. The minimum Gasteiger partial charge on any atom is -0.617 e. The van der Waals surface area contributed by atoms with Gasteiger partial charge in [-0.15, -0.1) is 0 Å². The van der Waals surface area contributed by atoms with Crippen molar-refractivity contribution in [2.75, 3.05) is 12.0 Å². The van der Waals surface area contributed by atoms with Gasteiger partial charge in [-0.1, -0.05) is 30.2 Å². The van der Waals surface area contributed by atoms with Gasteiger partial charge in [0.05, 0.1) is 17.4 Å². The fourth-order valence-corrected chi connectivity index (χ4v) is 2.75. The van der Waals surface area contributed by atoms with Crippen LogP contribution in [-0.4, -0.2) is 33.5 Å². The molecule has 0 aliphatic carbocycles. The van der Waals surface area contributed by atoms with Gasteiger partial charge in [0.15, 0.2) is 0 Å². The predicted octanol–water partition coefficient (Wildman–Crippen LogP) is 0.966. The van der Waals surface area contributed by atoms with Crippen LogP contribution in [0.1, 0.15) is 39.1 Å². The molecule has 6 heteroatoms. The van der Waals surface area contributed by atoms with E-state index in [2.05, 4.69) is 0 Å². The summed E-state index contributed by atoms with van der Waals surface area (Å²) in [4.78, 5) is 22.5. The predicted molar refractivity (Wildman–Crippen MR) is 69.3 cm³/mol. The molecule has 0 bridgehead atoms. The van der Waals surface area contributed by atoms with Crippen LogP contribution in [0, 0.1) is 0 Å². The Morgan fingerprint density at radius 2 is 2.11 bits per heavy atom. The summed E-state index contributed by atoms with van der Waals surface area (Å²) in [5.41, 5.74) is 5.53. The molecule has 0 radical (unpaired) electrons. The summed E-state index contributed by atoms with van der Waals surface area (Å²) < 4.78 is 11.2. The maximum Gasteiger partial charge on any atom is 0.336 e. The number of carboxylic acids is 1. The summed E-state index contributed by atoms with van der Waals surface area (Å²) >= 11 is -1.04. The van der Waals surface area contributed by atoms with Gasteiger partial charge in [0.2, 0.25) is 5.91 Å². The molecule has 1 rings (SSSR count). The van der Waals surface area contributed by atoms with Crippen molar-refractivity contribution >= 4 is 23.1 Å². The van der Waals surface area contributed by atoms with Gasteiger partial charge >= 0.3 is 5.97 Å². The first-order chi connectivity index (χ1) is 8.34. The topological polar surface area (TPSA) is 103 Å². The summed E-state index contributed by atoms with van der Waals surface area (Å²) in [5, 5.41) is 9.19. The first-order valence-electron chi connectivity index (χ1n) is 5.30. The highest BCUT2D eigenvalue weighted by atomic mass is 32.2. The van der Waals surface area contributed by atoms with E-state index in [-0.39, 0.29) is 17.0 Å². The van der Waals surface area contributed by atoms with E-state index in [4.69, 9.17) is 5.73 Å². The average Bonchev–Trinajstić information content (AvgIpc) is 2.26. The maximum atomic E-state index is 11.3. The molecule has 0 spiro atoms. The fraction of sp³-hybridized carbons (Fsp3) is 0.333. The Kier molecular flexibility index (Phi) is 4.75. The Bertz CT molecular complexity index is 473. The average molecular weight is 269 g/mol. The quantitative estimate of drug-likeness (QED) is 0.777. The summed E-state index contributed by atoms with van der Waals surface area (Å²) in [7, 11) is 0. The monoisotopic (exact) mass is 269 g/mol. The van der Waals surface area contributed by atoms with Crippen molar-refractivity contribution in [1.29, 1.82) is 0 Å². The Balaban J connectivity index is 3.31. The zero-order chi connectivity index (χ0) is 13.9. The largest absolute Gasteiger partial charge is 0.617 e. The second-order valence-corrected chi connectivity index (χ2v) is 5.56. The highest BCUT2D eigenvalue weighted by Gasteiger charge is 2.23. The zero-order valence-corrected chi connectivity index (χ0v) is 11.0. The second-order valence-electron chi connectivity index (χ2n) is 4.08. The summed E-state index contributed by atoms with van der Waals surface area (Å²) in [6.45, 7) is 1.77. The molecule has 0 saturated heterocycles. The number of rotatable bonds is 5. The lowest BCUT2D eigenvalue weighted by molar-refractivity contribution is 0.0690. The summed E-state index contributed by atoms with van der Waals surface area (Å²) in [5.74, 6) is -1.86. The summed E-state index contributed by atoms with van der Waals surface area (Å²) in [6.07, 6.45) is 1.55. The Hall–Kier alpha value is -1.53. The van der Waals surface area contributed by atoms with Crippen LogP contribution >= 0.6 is 0 Å². The molecular formula is C12H15NO4S. The van der Waals surface area contributed by atoms with E-state index in [1.807, 2.05) is 0 Å². The first kappa shape index (κ1) is 14.5. The molecule has 0 aliphatic heterocycles. The molecule has 2 unspecified atom stereocenters. The third-order valence-electron chi connectivity index (χ3n) is 2.59. The van der Waals surface area contributed by atoms with E-state index in [0.717, 1.165) is 0 Å². The molecule has 2 atom stereocenters. The standard InChI is InChI=1S/C12H15NO4S/c1-7(6-18(2)17)8-4-3-5-9(11(13)14)10(8)12(15)16/h3-5,7H,6H2,1-2H3,(H2,13,14)(H,15,16). The minimum absolute atomic E-state index is 0.0197. The van der Waals surface area contributed by atoms with E-state index in [1.165, 1.54) is 6.07 Å². The van der Waals surface area contributed by atoms with Crippen molar-refractivity contribution in [3.8, 4) is 0 Å². The highest BCUT2D eigenvalue weighted by molar-refractivity contribution is 7.90. The summed E-state index contributed by atoms with van der Waals surface area (Å²) in [6, 6.07) is 4.58. The number of carboxylic acid groups (broad SMARTS) is 1. The van der Waals surface area contributed by atoms with E-state index < -0.39 is 23.1 Å². The molecule has 1 aromatic carbocycles. The van der Waals surface area contributed by atoms with Gasteiger partial charge in [0.25, 0.3) is 0 Å². The van der Waals surface area contributed by atoms with Gasteiger partial charge in [-0.25, -0.2) is 4.79 Å². The molecule has 98 valence electrons. The number of benzene rings is 1. The van der Waals surface area contributed by atoms with Crippen LogP contribution in [0.5, 0.6) is 0 Å². The van der Waals surface area contributed by atoms with Crippen LogP contribution in [-0.2, 0) is 11.2 Å². The highest BCUT2D eigenvalue weighted by Crippen LogP contribution is 2.24. The number of carbonyl (C=O) groups excluding carboxylic acids is 1. The van der Waals surface area contributed by atoms with Crippen molar-refractivity contribution in [1.82, 2.24) is 0 Å².